The Morgan fingerprint density at radius 3 is 2.22 bits per heavy atom. The maximum Gasteiger partial charge on any atom is 0.311 e. The molecule has 27 heavy (non-hydrogen) atoms. The molecule has 0 aliphatic heterocycles. The van der Waals surface area contributed by atoms with Crippen molar-refractivity contribution in [1.82, 2.24) is 0 Å². The Balaban J connectivity index is 1.54. The van der Waals surface area contributed by atoms with Gasteiger partial charge in [0.25, 0.3) is 0 Å². The van der Waals surface area contributed by atoms with E-state index >= 15 is 0 Å². The fraction of sp³-hybridized carbons (Fsp3) is 0.650. The number of hydrogen-bond acceptors (Lipinski definition) is 6. The minimum atomic E-state index is -1.41. The molecule has 0 radical (unpaired) electrons. The first-order valence-electron chi connectivity index (χ1n) is 9.58. The molecular weight excluding hydrogens is 350 g/mol. The third kappa shape index (κ3) is 3.52. The summed E-state index contributed by atoms with van der Waals surface area (Å²) in [5, 5.41) is 22.4. The summed E-state index contributed by atoms with van der Waals surface area (Å²) in [6, 6.07) is 3.40. The topological polar surface area (TPSA) is 102 Å². The van der Waals surface area contributed by atoms with Crippen molar-refractivity contribution in [1.29, 1.82) is 0 Å². The molecule has 0 N–H and O–H groups in total. The second-order valence-corrected chi connectivity index (χ2v) is 8.74. The molecule has 4 saturated carbocycles. The van der Waals surface area contributed by atoms with Crippen LogP contribution in [0, 0.1) is 33.8 Å². The van der Waals surface area contributed by atoms with Gasteiger partial charge < -0.3 is 19.4 Å². The zero-order valence-electron chi connectivity index (χ0n) is 15.6. The molecule has 0 unspecified atom stereocenters. The normalized spacial score (nSPS) is 31.7. The first kappa shape index (κ1) is 18.2. The Hall–Kier alpha value is -2.15. The summed E-state index contributed by atoms with van der Waals surface area (Å²) in [6.45, 7) is 3.46. The number of nitro benzene ring substituents is 1. The second-order valence-electron chi connectivity index (χ2n) is 8.74. The molecule has 0 spiro atoms. The predicted molar refractivity (Wildman–Crippen MR) is 94.1 cm³/mol. The second kappa shape index (κ2) is 6.48. The van der Waals surface area contributed by atoms with Crippen LogP contribution in [0.25, 0.3) is 0 Å². The number of carbonyl (C=O) groups excluding carboxylic acids is 1. The summed E-state index contributed by atoms with van der Waals surface area (Å²) in [5.74, 6) is 0.0526. The van der Waals surface area contributed by atoms with Crippen molar-refractivity contribution in [3.63, 3.8) is 0 Å². The molecule has 4 bridgehead atoms. The van der Waals surface area contributed by atoms with E-state index < -0.39 is 16.7 Å². The highest BCUT2D eigenvalue weighted by Crippen LogP contribution is 2.55. The van der Waals surface area contributed by atoms with E-state index in [2.05, 4.69) is 0 Å². The SMILES string of the molecule is CC(C)(Oc1cc(C(=O)[O-])ccc1[N+](=O)[O-])OC1C2CC3CC(C2)CC1C3. The van der Waals surface area contributed by atoms with E-state index in [0.29, 0.717) is 11.8 Å². The summed E-state index contributed by atoms with van der Waals surface area (Å²) in [6.07, 6.45) is 6.20. The average molecular weight is 374 g/mol. The molecule has 4 aliphatic carbocycles. The number of aromatic carboxylic acids is 1. The lowest BCUT2D eigenvalue weighted by Gasteiger charge is -2.55. The third-order valence-corrected chi connectivity index (χ3v) is 6.31. The molecule has 5 rings (SSSR count). The molecule has 0 atom stereocenters. The molecule has 7 heteroatoms. The van der Waals surface area contributed by atoms with Crippen LogP contribution < -0.4 is 9.84 Å². The molecule has 1 aromatic rings. The Kier molecular flexibility index (Phi) is 4.37. The number of carboxylic acid groups (broad SMARTS) is 1. The summed E-state index contributed by atoms with van der Waals surface area (Å²) in [7, 11) is 0. The van der Waals surface area contributed by atoms with Gasteiger partial charge in [-0.3, -0.25) is 10.1 Å². The largest absolute Gasteiger partial charge is 0.545 e. The van der Waals surface area contributed by atoms with Gasteiger partial charge in [0, 0.05) is 25.5 Å². The van der Waals surface area contributed by atoms with Gasteiger partial charge in [0.15, 0.2) is 0 Å². The minimum absolute atomic E-state index is 0.0937. The van der Waals surface area contributed by atoms with Crippen molar-refractivity contribution >= 4 is 11.7 Å². The van der Waals surface area contributed by atoms with Crippen LogP contribution in [0.1, 0.15) is 56.3 Å². The van der Waals surface area contributed by atoms with Gasteiger partial charge >= 0.3 is 5.69 Å². The number of hydrogen-bond donors (Lipinski definition) is 0. The van der Waals surface area contributed by atoms with Crippen LogP contribution >= 0.6 is 0 Å². The fourth-order valence-electron chi connectivity index (χ4n) is 5.56. The quantitative estimate of drug-likeness (QED) is 0.431. The number of rotatable bonds is 6. The third-order valence-electron chi connectivity index (χ3n) is 6.31. The maximum absolute atomic E-state index is 11.3. The molecule has 4 fully saturated rings. The zero-order chi connectivity index (χ0) is 19.3. The van der Waals surface area contributed by atoms with Gasteiger partial charge in [-0.15, -0.1) is 0 Å². The first-order chi connectivity index (χ1) is 12.7. The Morgan fingerprint density at radius 2 is 1.70 bits per heavy atom. The van der Waals surface area contributed by atoms with E-state index in [0.717, 1.165) is 30.0 Å². The standard InChI is InChI=1S/C20H25NO6/c1-20(2,26-17-10-13(19(22)23)3-4-16(17)21(24)25)27-18-14-6-11-5-12(8-14)9-15(18)7-11/h3-4,10-12,14-15,18H,5-9H2,1-2H3,(H,22,23)/p-1. The number of nitrogens with zero attached hydrogens (tertiary/aromatic N) is 1. The van der Waals surface area contributed by atoms with Gasteiger partial charge in [-0.25, -0.2) is 0 Å². The summed E-state index contributed by atoms with van der Waals surface area (Å²) in [4.78, 5) is 21.8. The van der Waals surface area contributed by atoms with E-state index in [1.807, 2.05) is 0 Å². The molecule has 4 aliphatic rings. The predicted octanol–water partition coefficient (Wildman–Crippen LogP) is 2.91. The van der Waals surface area contributed by atoms with Crippen molar-refractivity contribution in [2.75, 3.05) is 0 Å². The number of nitro groups is 1. The van der Waals surface area contributed by atoms with Crippen LogP contribution in [0.3, 0.4) is 0 Å². The first-order valence-corrected chi connectivity index (χ1v) is 9.58. The van der Waals surface area contributed by atoms with Crippen LogP contribution in [0.2, 0.25) is 0 Å². The number of carbonyl (C=O) groups is 1. The Labute approximate surface area is 157 Å². The Bertz CT molecular complexity index is 746. The van der Waals surface area contributed by atoms with Gasteiger partial charge in [-0.1, -0.05) is 0 Å². The van der Waals surface area contributed by atoms with Crippen molar-refractivity contribution in [2.24, 2.45) is 23.7 Å². The zero-order valence-corrected chi connectivity index (χ0v) is 15.6. The van der Waals surface area contributed by atoms with Crippen LogP contribution in [0.4, 0.5) is 5.69 Å². The van der Waals surface area contributed by atoms with Crippen molar-refractivity contribution in [3.05, 3.63) is 33.9 Å². The highest BCUT2D eigenvalue weighted by atomic mass is 16.7. The molecule has 1 aromatic carbocycles. The van der Waals surface area contributed by atoms with Crippen LogP contribution in [-0.2, 0) is 4.74 Å². The lowest BCUT2D eigenvalue weighted by Crippen LogP contribution is -2.52. The van der Waals surface area contributed by atoms with Crippen molar-refractivity contribution < 1.29 is 24.3 Å². The highest BCUT2D eigenvalue weighted by Gasteiger charge is 2.50. The van der Waals surface area contributed by atoms with Crippen LogP contribution in [0.5, 0.6) is 5.75 Å². The van der Waals surface area contributed by atoms with Gasteiger partial charge in [-0.05, 0) is 67.9 Å². The highest BCUT2D eigenvalue weighted by molar-refractivity contribution is 5.87. The number of ether oxygens (including phenoxy) is 2. The summed E-state index contributed by atoms with van der Waals surface area (Å²) >= 11 is 0. The van der Waals surface area contributed by atoms with Crippen molar-refractivity contribution in [2.45, 2.75) is 57.8 Å². The molecule has 0 amide bonds. The molecular formula is C20H24NO6-. The summed E-state index contributed by atoms with van der Waals surface area (Å²) in [5.41, 5.74) is -0.456. The lowest BCUT2D eigenvalue weighted by atomic mass is 9.55. The number of carboxylic acids is 1. The molecule has 0 saturated heterocycles. The minimum Gasteiger partial charge on any atom is -0.545 e. The molecule has 0 aromatic heterocycles. The van der Waals surface area contributed by atoms with Crippen LogP contribution in [-0.4, -0.2) is 22.8 Å². The summed E-state index contributed by atoms with van der Waals surface area (Å²) < 4.78 is 12.2. The Morgan fingerprint density at radius 1 is 1.11 bits per heavy atom. The van der Waals surface area contributed by atoms with E-state index in [9.17, 15) is 20.0 Å². The van der Waals surface area contributed by atoms with E-state index in [1.165, 1.54) is 32.1 Å². The van der Waals surface area contributed by atoms with Gasteiger partial charge in [-0.2, -0.15) is 0 Å². The molecule has 7 nitrogen and oxygen atoms in total. The molecule has 146 valence electrons. The van der Waals surface area contributed by atoms with Gasteiger partial charge in [0.1, 0.15) is 0 Å². The van der Waals surface area contributed by atoms with Gasteiger partial charge in [0.05, 0.1) is 17.0 Å². The van der Waals surface area contributed by atoms with Gasteiger partial charge in [0.2, 0.25) is 11.5 Å². The van der Waals surface area contributed by atoms with E-state index in [4.69, 9.17) is 9.47 Å². The smallest absolute Gasteiger partial charge is 0.311 e. The van der Waals surface area contributed by atoms with E-state index in [-0.39, 0.29) is 23.1 Å². The van der Waals surface area contributed by atoms with E-state index in [1.54, 1.807) is 13.8 Å². The van der Waals surface area contributed by atoms with Crippen LogP contribution in [0.15, 0.2) is 18.2 Å². The fourth-order valence-corrected chi connectivity index (χ4v) is 5.56. The lowest BCUT2D eigenvalue weighted by molar-refractivity contribution is -0.387. The maximum atomic E-state index is 11.3. The van der Waals surface area contributed by atoms with Crippen molar-refractivity contribution in [3.8, 4) is 5.75 Å². The molecule has 0 heterocycles. The monoisotopic (exact) mass is 374 g/mol. The number of benzene rings is 1. The average Bonchev–Trinajstić information content (AvgIpc) is 2.56.